The van der Waals surface area contributed by atoms with Gasteiger partial charge in [0.1, 0.15) is 12.7 Å². The molecule has 1 aliphatic heterocycles. The van der Waals surface area contributed by atoms with E-state index < -0.39 is 58.5 Å². The van der Waals surface area contributed by atoms with Gasteiger partial charge in [-0.3, -0.25) is 4.21 Å². The molecule has 6 atom stereocenters. The van der Waals surface area contributed by atoms with Crippen molar-refractivity contribution in [3.8, 4) is 0 Å². The van der Waals surface area contributed by atoms with E-state index >= 15 is 0 Å². The highest BCUT2D eigenvalue weighted by atomic mass is 32.2. The summed E-state index contributed by atoms with van der Waals surface area (Å²) < 4.78 is 36.0. The Morgan fingerprint density at radius 2 is 1.18 bits per heavy atom. The molecule has 2 N–H and O–H groups in total. The molecule has 0 aliphatic carbocycles. The van der Waals surface area contributed by atoms with Crippen molar-refractivity contribution in [2.24, 2.45) is 5.73 Å². The van der Waals surface area contributed by atoms with Crippen LogP contribution in [-0.4, -0.2) is 64.3 Å². The summed E-state index contributed by atoms with van der Waals surface area (Å²) in [6.45, 7) is 1.33. The van der Waals surface area contributed by atoms with Crippen LogP contribution in [0.3, 0.4) is 0 Å². The van der Waals surface area contributed by atoms with Gasteiger partial charge in [-0.25, -0.2) is 14.4 Å². The highest BCUT2D eigenvalue weighted by molar-refractivity contribution is 7.85. The second-order valence-electron chi connectivity index (χ2n) is 8.73. The van der Waals surface area contributed by atoms with E-state index in [0.29, 0.717) is 5.56 Å². The third-order valence-corrected chi connectivity index (χ3v) is 7.64. The fraction of sp³-hybridized carbons (Fsp3) is 0.276. The summed E-state index contributed by atoms with van der Waals surface area (Å²) >= 11 is 0. The minimum absolute atomic E-state index is 0.211. The molecule has 0 amide bonds. The van der Waals surface area contributed by atoms with Crippen LogP contribution in [0.15, 0.2) is 91.0 Å². The summed E-state index contributed by atoms with van der Waals surface area (Å²) in [5.74, 6) is -1.84. The Labute approximate surface area is 228 Å². The average Bonchev–Trinajstić information content (AvgIpc) is 2.99. The smallest absolute Gasteiger partial charge is 0.338 e. The average molecular weight is 552 g/mol. The van der Waals surface area contributed by atoms with Crippen LogP contribution in [0, 0.1) is 0 Å². The van der Waals surface area contributed by atoms with Gasteiger partial charge in [0.15, 0.2) is 17.6 Å². The van der Waals surface area contributed by atoms with Gasteiger partial charge in [-0.15, -0.1) is 0 Å². The van der Waals surface area contributed by atoms with Crippen molar-refractivity contribution in [1.82, 2.24) is 0 Å². The summed E-state index contributed by atoms with van der Waals surface area (Å²) in [7, 11) is -1.58. The molecule has 1 saturated heterocycles. The molecule has 0 aromatic heterocycles. The number of carbonyl (C=O) groups is 3. The zero-order chi connectivity index (χ0) is 27.8. The van der Waals surface area contributed by atoms with E-state index in [9.17, 15) is 18.6 Å². The molecular formula is C29H29NO8S. The van der Waals surface area contributed by atoms with E-state index in [1.54, 1.807) is 97.9 Å². The first-order chi connectivity index (χ1) is 18.9. The van der Waals surface area contributed by atoms with Gasteiger partial charge in [0, 0.05) is 5.75 Å². The molecule has 0 saturated carbocycles. The van der Waals surface area contributed by atoms with Gasteiger partial charge in [0.25, 0.3) is 0 Å². The third-order valence-electron chi connectivity index (χ3n) is 6.13. The SMILES string of the molecule is CC[S@](=O)[C@@H]1O[C@H](COC(=O)c2ccccc2)[C@@H](OC(=O)c2ccccc2)[C@H](OC(=O)c2ccccc2)[C@H]1N. The number of benzene rings is 3. The van der Waals surface area contributed by atoms with Crippen molar-refractivity contribution in [2.75, 3.05) is 12.4 Å². The van der Waals surface area contributed by atoms with Gasteiger partial charge in [-0.1, -0.05) is 61.5 Å². The second kappa shape index (κ2) is 13.3. The maximum Gasteiger partial charge on any atom is 0.338 e. The second-order valence-corrected chi connectivity index (χ2v) is 10.5. The number of rotatable bonds is 9. The van der Waals surface area contributed by atoms with E-state index in [1.165, 1.54) is 0 Å². The molecule has 0 unspecified atom stereocenters. The first-order valence-corrected chi connectivity index (χ1v) is 13.8. The van der Waals surface area contributed by atoms with Crippen molar-refractivity contribution >= 4 is 28.7 Å². The fourth-order valence-electron chi connectivity index (χ4n) is 4.10. The molecule has 204 valence electrons. The Morgan fingerprint density at radius 3 is 1.64 bits per heavy atom. The van der Waals surface area contributed by atoms with Gasteiger partial charge in [0.2, 0.25) is 0 Å². The number of carbonyl (C=O) groups excluding carboxylic acids is 3. The van der Waals surface area contributed by atoms with Gasteiger partial charge in [-0.2, -0.15) is 0 Å². The lowest BCUT2D eigenvalue weighted by Crippen LogP contribution is -2.65. The van der Waals surface area contributed by atoms with Crippen molar-refractivity contribution in [3.05, 3.63) is 108 Å². The number of hydrogen-bond donors (Lipinski definition) is 1. The van der Waals surface area contributed by atoms with E-state index in [0.717, 1.165) is 0 Å². The monoisotopic (exact) mass is 551 g/mol. The first kappa shape index (κ1) is 28.2. The standard InChI is InChI=1S/C29H29NO8S/c1-2-39(34)29-23(30)25(38-28(33)21-16-10-5-11-17-21)24(37-27(32)20-14-8-4-9-15-20)22(36-29)18-35-26(31)19-12-6-3-7-13-19/h3-17,22-25,29H,2,18,30H2,1H3/t22-,23-,24-,25-,29+,39+/m1/s1. The summed E-state index contributed by atoms with van der Waals surface area (Å²) in [5, 5.41) is 0. The van der Waals surface area contributed by atoms with Crippen LogP contribution in [0.1, 0.15) is 38.0 Å². The number of esters is 3. The summed E-state index contributed by atoms with van der Waals surface area (Å²) in [5.41, 5.74) is 6.18. The Balaban J connectivity index is 1.65. The van der Waals surface area contributed by atoms with Crippen LogP contribution >= 0.6 is 0 Å². The minimum Gasteiger partial charge on any atom is -0.459 e. The predicted octanol–water partition coefficient (Wildman–Crippen LogP) is 3.12. The zero-order valence-electron chi connectivity index (χ0n) is 21.2. The van der Waals surface area contributed by atoms with Crippen LogP contribution in [0.5, 0.6) is 0 Å². The molecule has 1 heterocycles. The van der Waals surface area contributed by atoms with E-state index in [4.69, 9.17) is 24.7 Å². The summed E-state index contributed by atoms with van der Waals surface area (Å²) in [6.07, 6.45) is -3.65. The van der Waals surface area contributed by atoms with Gasteiger partial charge in [0.05, 0.1) is 33.5 Å². The normalized spacial score (nSPS) is 23.3. The molecule has 39 heavy (non-hydrogen) atoms. The first-order valence-electron chi connectivity index (χ1n) is 12.4. The van der Waals surface area contributed by atoms with Crippen LogP contribution in [0.25, 0.3) is 0 Å². The predicted molar refractivity (Wildman–Crippen MR) is 143 cm³/mol. The maximum atomic E-state index is 13.1. The number of hydrogen-bond acceptors (Lipinski definition) is 9. The third kappa shape index (κ3) is 6.97. The molecule has 0 spiro atoms. The molecule has 9 nitrogen and oxygen atoms in total. The molecule has 0 bridgehead atoms. The lowest BCUT2D eigenvalue weighted by Gasteiger charge is -2.43. The van der Waals surface area contributed by atoms with Crippen LogP contribution < -0.4 is 5.73 Å². The van der Waals surface area contributed by atoms with Gasteiger partial charge < -0.3 is 24.7 Å². The lowest BCUT2D eigenvalue weighted by atomic mass is 9.97. The number of ether oxygens (including phenoxy) is 4. The summed E-state index contributed by atoms with van der Waals surface area (Å²) in [4.78, 5) is 38.8. The molecule has 3 aromatic rings. The van der Waals surface area contributed by atoms with Crippen LogP contribution in [-0.2, 0) is 29.7 Å². The molecular weight excluding hydrogens is 522 g/mol. The topological polar surface area (TPSA) is 131 Å². The van der Waals surface area contributed by atoms with E-state index in [-0.39, 0.29) is 23.5 Å². The number of nitrogens with two attached hydrogens (primary N) is 1. The minimum atomic E-state index is -1.58. The largest absolute Gasteiger partial charge is 0.459 e. The van der Waals surface area contributed by atoms with Crippen LogP contribution in [0.2, 0.25) is 0 Å². The molecule has 1 aliphatic rings. The van der Waals surface area contributed by atoms with Gasteiger partial charge in [-0.05, 0) is 36.4 Å². The lowest BCUT2D eigenvalue weighted by molar-refractivity contribution is -0.171. The molecule has 1 fully saturated rings. The van der Waals surface area contributed by atoms with Crippen molar-refractivity contribution in [1.29, 1.82) is 0 Å². The highest BCUT2D eigenvalue weighted by Gasteiger charge is 2.51. The van der Waals surface area contributed by atoms with Crippen molar-refractivity contribution in [2.45, 2.75) is 36.7 Å². The molecule has 10 heteroatoms. The maximum absolute atomic E-state index is 13.1. The van der Waals surface area contributed by atoms with E-state index in [2.05, 4.69) is 0 Å². The molecule has 3 aromatic carbocycles. The van der Waals surface area contributed by atoms with E-state index in [1.807, 2.05) is 0 Å². The fourth-order valence-corrected chi connectivity index (χ4v) is 5.20. The Morgan fingerprint density at radius 1 is 0.744 bits per heavy atom. The van der Waals surface area contributed by atoms with Crippen molar-refractivity contribution in [3.63, 3.8) is 0 Å². The molecule has 4 rings (SSSR count). The summed E-state index contributed by atoms with van der Waals surface area (Å²) in [6, 6.07) is 23.7. The zero-order valence-corrected chi connectivity index (χ0v) is 22.0. The van der Waals surface area contributed by atoms with Crippen molar-refractivity contribution < 1.29 is 37.5 Å². The van der Waals surface area contributed by atoms with Gasteiger partial charge >= 0.3 is 17.9 Å². The Hall–Kier alpha value is -3.86. The quantitative estimate of drug-likeness (QED) is 0.315. The Kier molecular flexibility index (Phi) is 9.59. The molecule has 0 radical (unpaired) electrons. The highest BCUT2D eigenvalue weighted by Crippen LogP contribution is 2.29. The Bertz CT molecular complexity index is 1290. The van der Waals surface area contributed by atoms with Crippen LogP contribution in [0.4, 0.5) is 0 Å².